The Balaban J connectivity index is 1.42. The van der Waals surface area contributed by atoms with Crippen molar-refractivity contribution in [3.63, 3.8) is 0 Å². The Labute approximate surface area is 232 Å². The van der Waals surface area contributed by atoms with Gasteiger partial charge in [0.15, 0.2) is 0 Å². The Hall–Kier alpha value is -3.57. The average molecular weight is 556 g/mol. The zero-order valence-electron chi connectivity index (χ0n) is 22.8. The first-order valence-electron chi connectivity index (χ1n) is 13.7. The Kier molecular flexibility index (Phi) is 7.78. The highest BCUT2D eigenvalue weighted by Gasteiger charge is 2.37. The van der Waals surface area contributed by atoms with Crippen LogP contribution in [0.1, 0.15) is 50.7 Å². The molecule has 1 aromatic heterocycles. The number of nitrogens with one attached hydrogen (secondary N) is 3. The summed E-state index contributed by atoms with van der Waals surface area (Å²) in [7, 11) is 0. The highest BCUT2D eigenvalue weighted by atomic mass is 19.4. The van der Waals surface area contributed by atoms with Crippen molar-refractivity contribution in [1.29, 1.82) is 0 Å². The molecule has 1 aromatic carbocycles. The molecule has 2 atom stereocenters. The van der Waals surface area contributed by atoms with E-state index in [0.717, 1.165) is 54.5 Å². The van der Waals surface area contributed by atoms with Crippen molar-refractivity contribution in [2.75, 3.05) is 29.9 Å². The summed E-state index contributed by atoms with van der Waals surface area (Å²) in [6.07, 6.45) is 3.95. The minimum absolute atomic E-state index is 0.108. The van der Waals surface area contributed by atoms with E-state index in [9.17, 15) is 18.0 Å². The number of rotatable bonds is 6. The lowest BCUT2D eigenvalue weighted by atomic mass is 9.84. The van der Waals surface area contributed by atoms with Gasteiger partial charge in [-0.05, 0) is 74.6 Å². The van der Waals surface area contributed by atoms with Crippen LogP contribution in [0.3, 0.4) is 0 Å². The molecule has 0 spiro atoms. The number of hydrogen-bond donors (Lipinski definition) is 4. The lowest BCUT2D eigenvalue weighted by molar-refractivity contribution is -0.137. The van der Waals surface area contributed by atoms with E-state index in [2.05, 4.69) is 25.8 Å². The molecule has 11 heteroatoms. The van der Waals surface area contributed by atoms with Gasteiger partial charge in [0.05, 0.1) is 11.0 Å². The SMILES string of the molecule is CC(C)(C(N)=O)c1ccc(NC2NC(N3CCCCC3)NC3=C2CCN(c2ncccc2C(F)(F)F)C=C3)cc1. The van der Waals surface area contributed by atoms with Gasteiger partial charge in [0.1, 0.15) is 18.3 Å². The molecule has 0 radical (unpaired) electrons. The molecule has 1 amide bonds. The van der Waals surface area contributed by atoms with Crippen LogP contribution in [0, 0.1) is 0 Å². The number of anilines is 2. The molecule has 3 aliphatic heterocycles. The van der Waals surface area contributed by atoms with E-state index in [1.807, 2.05) is 30.3 Å². The number of primary amides is 1. The number of aromatic nitrogens is 1. The van der Waals surface area contributed by atoms with Gasteiger partial charge in [-0.2, -0.15) is 13.2 Å². The molecule has 4 heterocycles. The summed E-state index contributed by atoms with van der Waals surface area (Å²) >= 11 is 0. The molecule has 2 unspecified atom stereocenters. The van der Waals surface area contributed by atoms with Crippen LogP contribution in [0.2, 0.25) is 0 Å². The smallest absolute Gasteiger partial charge is 0.369 e. The monoisotopic (exact) mass is 555 g/mol. The Morgan fingerprint density at radius 2 is 1.80 bits per heavy atom. The molecule has 5 rings (SSSR count). The quantitative estimate of drug-likeness (QED) is 0.423. The predicted octanol–water partition coefficient (Wildman–Crippen LogP) is 4.24. The summed E-state index contributed by atoms with van der Waals surface area (Å²) in [4.78, 5) is 19.9. The van der Waals surface area contributed by atoms with Crippen LogP contribution in [0.5, 0.6) is 0 Å². The van der Waals surface area contributed by atoms with Crippen molar-refractivity contribution in [1.82, 2.24) is 20.5 Å². The second-order valence-electron chi connectivity index (χ2n) is 11.0. The van der Waals surface area contributed by atoms with Gasteiger partial charge >= 0.3 is 6.18 Å². The number of nitrogens with two attached hydrogens (primary N) is 1. The number of hydrogen-bond acceptors (Lipinski definition) is 7. The molecule has 0 aliphatic carbocycles. The Bertz CT molecular complexity index is 1280. The molecule has 0 bridgehead atoms. The third-order valence-electron chi connectivity index (χ3n) is 8.01. The van der Waals surface area contributed by atoms with Crippen molar-refractivity contribution >= 4 is 17.4 Å². The molecular formula is C29H36F3N7O. The first-order chi connectivity index (χ1) is 19.0. The molecule has 8 nitrogen and oxygen atoms in total. The van der Waals surface area contributed by atoms with E-state index in [1.165, 1.54) is 18.7 Å². The number of carbonyl (C=O) groups is 1. The number of allylic oxidation sites excluding steroid dienone is 1. The van der Waals surface area contributed by atoms with Crippen molar-refractivity contribution < 1.29 is 18.0 Å². The van der Waals surface area contributed by atoms with Crippen LogP contribution < -0.4 is 26.6 Å². The van der Waals surface area contributed by atoms with Gasteiger partial charge in [-0.1, -0.05) is 18.6 Å². The summed E-state index contributed by atoms with van der Waals surface area (Å²) in [6.45, 7) is 5.83. The molecule has 2 aromatic rings. The van der Waals surface area contributed by atoms with Crippen LogP contribution in [0.15, 0.2) is 66.1 Å². The molecular weight excluding hydrogens is 519 g/mol. The van der Waals surface area contributed by atoms with Gasteiger partial charge in [-0.3, -0.25) is 15.0 Å². The topological polar surface area (TPSA) is 98.5 Å². The maximum absolute atomic E-state index is 13.7. The van der Waals surface area contributed by atoms with E-state index in [0.29, 0.717) is 13.0 Å². The maximum atomic E-state index is 13.7. The standard InChI is InChI=1S/C29H36F3N7O/c1-28(2,26(33)40)19-8-10-20(11-9-19)35-24-21-12-17-38(25-22(29(30,31)32)7-6-14-34-25)18-13-23(21)36-27(37-24)39-15-4-3-5-16-39/h6-11,13-14,18,24,27,35-37H,3-5,12,15-17H2,1-2H3,(H2,33,40). The van der Waals surface area contributed by atoms with Crippen molar-refractivity contribution in [2.45, 2.75) is 63.6 Å². The third-order valence-corrected chi connectivity index (χ3v) is 8.01. The van der Waals surface area contributed by atoms with E-state index in [4.69, 9.17) is 5.73 Å². The normalized spacial score (nSPS) is 22.4. The zero-order valence-corrected chi connectivity index (χ0v) is 22.8. The number of carbonyl (C=O) groups excluding carboxylic acids is 1. The average Bonchev–Trinajstić information content (AvgIpc) is 3.16. The molecule has 1 saturated heterocycles. The second-order valence-corrected chi connectivity index (χ2v) is 11.0. The number of pyridine rings is 1. The van der Waals surface area contributed by atoms with Crippen molar-refractivity contribution in [3.05, 3.63) is 77.3 Å². The van der Waals surface area contributed by atoms with Gasteiger partial charge in [0.2, 0.25) is 5.91 Å². The minimum atomic E-state index is -4.50. The number of piperidine rings is 1. The Morgan fingerprint density at radius 1 is 1.07 bits per heavy atom. The summed E-state index contributed by atoms with van der Waals surface area (Å²) in [5.74, 6) is -0.507. The number of amides is 1. The Morgan fingerprint density at radius 3 is 2.48 bits per heavy atom. The minimum Gasteiger partial charge on any atom is -0.369 e. The zero-order chi connectivity index (χ0) is 28.5. The lowest BCUT2D eigenvalue weighted by Crippen LogP contribution is -2.63. The van der Waals surface area contributed by atoms with Crippen LogP contribution in [-0.4, -0.2) is 47.9 Å². The number of likely N-dealkylation sites (tertiary alicyclic amines) is 1. The van der Waals surface area contributed by atoms with Gasteiger partial charge < -0.3 is 21.3 Å². The van der Waals surface area contributed by atoms with Gasteiger partial charge in [-0.15, -0.1) is 0 Å². The summed E-state index contributed by atoms with van der Waals surface area (Å²) in [5.41, 5.74) is 7.60. The maximum Gasteiger partial charge on any atom is 0.419 e. The fourth-order valence-corrected chi connectivity index (χ4v) is 5.43. The summed E-state index contributed by atoms with van der Waals surface area (Å²) in [6, 6.07) is 9.99. The summed E-state index contributed by atoms with van der Waals surface area (Å²) in [5, 5.41) is 10.8. The summed E-state index contributed by atoms with van der Waals surface area (Å²) < 4.78 is 41.2. The van der Waals surface area contributed by atoms with Gasteiger partial charge in [-0.25, -0.2) is 4.98 Å². The number of alkyl halides is 3. The van der Waals surface area contributed by atoms with Crippen LogP contribution >= 0.6 is 0 Å². The van der Waals surface area contributed by atoms with E-state index >= 15 is 0 Å². The van der Waals surface area contributed by atoms with Gasteiger partial charge in [0.25, 0.3) is 0 Å². The van der Waals surface area contributed by atoms with E-state index in [-0.39, 0.29) is 18.3 Å². The van der Waals surface area contributed by atoms with Crippen LogP contribution in [0.25, 0.3) is 0 Å². The van der Waals surface area contributed by atoms with Crippen molar-refractivity contribution in [3.8, 4) is 0 Å². The molecule has 0 saturated carbocycles. The first kappa shape index (κ1) is 28.0. The number of benzene rings is 1. The molecule has 214 valence electrons. The van der Waals surface area contributed by atoms with Crippen LogP contribution in [-0.2, 0) is 16.4 Å². The number of halogens is 3. The first-order valence-corrected chi connectivity index (χ1v) is 13.7. The van der Waals surface area contributed by atoms with E-state index in [1.54, 1.807) is 24.9 Å². The van der Waals surface area contributed by atoms with Crippen molar-refractivity contribution in [2.24, 2.45) is 5.73 Å². The molecule has 3 aliphatic rings. The van der Waals surface area contributed by atoms with Gasteiger partial charge in [0, 0.05) is 43.4 Å². The predicted molar refractivity (Wildman–Crippen MR) is 149 cm³/mol. The second kappa shape index (κ2) is 11.1. The largest absolute Gasteiger partial charge is 0.419 e. The lowest BCUT2D eigenvalue weighted by Gasteiger charge is -2.43. The third kappa shape index (κ3) is 5.80. The molecule has 40 heavy (non-hydrogen) atoms. The fourth-order valence-electron chi connectivity index (χ4n) is 5.43. The fraction of sp³-hybridized carbons (Fsp3) is 0.448. The van der Waals surface area contributed by atoms with Crippen LogP contribution in [0.4, 0.5) is 24.7 Å². The highest BCUT2D eigenvalue weighted by Crippen LogP contribution is 2.36. The number of nitrogens with zero attached hydrogens (tertiary/aromatic N) is 3. The molecule has 5 N–H and O–H groups in total. The molecule has 1 fully saturated rings. The van der Waals surface area contributed by atoms with E-state index < -0.39 is 23.1 Å². The highest BCUT2D eigenvalue weighted by molar-refractivity contribution is 5.85.